The summed E-state index contributed by atoms with van der Waals surface area (Å²) in [5, 5.41) is 2.95. The summed E-state index contributed by atoms with van der Waals surface area (Å²) >= 11 is 0. The zero-order valence-corrected chi connectivity index (χ0v) is 17.0. The van der Waals surface area contributed by atoms with E-state index in [2.05, 4.69) is 20.2 Å². The average Bonchev–Trinajstić information content (AvgIpc) is 3.39. The molecule has 2 aliphatic heterocycles. The summed E-state index contributed by atoms with van der Waals surface area (Å²) in [6, 6.07) is 7.79. The quantitative estimate of drug-likeness (QED) is 0.844. The molecule has 0 spiro atoms. The number of carbonyl (C=O) groups excluding carboxylic acids is 2. The lowest BCUT2D eigenvalue weighted by atomic mass is 10.1. The molecule has 29 heavy (non-hydrogen) atoms. The Morgan fingerprint density at radius 1 is 1.17 bits per heavy atom. The van der Waals surface area contributed by atoms with Crippen LogP contribution < -0.4 is 15.1 Å². The summed E-state index contributed by atoms with van der Waals surface area (Å²) < 4.78 is 0. The van der Waals surface area contributed by atoms with Crippen LogP contribution in [0, 0.1) is 19.8 Å². The van der Waals surface area contributed by atoms with Crippen LogP contribution >= 0.6 is 0 Å². The second-order valence-electron chi connectivity index (χ2n) is 7.93. The van der Waals surface area contributed by atoms with Gasteiger partial charge < -0.3 is 15.1 Å². The Labute approximate surface area is 171 Å². The second kappa shape index (κ2) is 8.19. The molecule has 1 atom stereocenters. The van der Waals surface area contributed by atoms with Gasteiger partial charge in [0.2, 0.25) is 17.8 Å². The molecule has 0 aliphatic carbocycles. The maximum absolute atomic E-state index is 12.7. The highest BCUT2D eigenvalue weighted by Crippen LogP contribution is 2.27. The van der Waals surface area contributed by atoms with Gasteiger partial charge in [0, 0.05) is 37.9 Å². The molecule has 2 amide bonds. The molecule has 0 saturated carbocycles. The van der Waals surface area contributed by atoms with Crippen LogP contribution in [0.4, 0.5) is 11.6 Å². The smallest absolute Gasteiger partial charge is 0.227 e. The highest BCUT2D eigenvalue weighted by Gasteiger charge is 2.35. The molecular formula is C22H27N5O2. The van der Waals surface area contributed by atoms with Gasteiger partial charge in [0.25, 0.3) is 0 Å². The van der Waals surface area contributed by atoms with Gasteiger partial charge in [-0.25, -0.2) is 9.97 Å². The molecule has 2 saturated heterocycles. The summed E-state index contributed by atoms with van der Waals surface area (Å²) in [4.78, 5) is 37.9. The zero-order chi connectivity index (χ0) is 20.4. The van der Waals surface area contributed by atoms with Crippen molar-refractivity contribution >= 4 is 23.5 Å². The van der Waals surface area contributed by atoms with E-state index in [-0.39, 0.29) is 24.2 Å². The largest absolute Gasteiger partial charge is 0.350 e. The molecule has 4 rings (SSSR count). The van der Waals surface area contributed by atoms with Crippen LogP contribution in [0.15, 0.2) is 30.5 Å². The molecule has 2 aliphatic rings. The van der Waals surface area contributed by atoms with Crippen molar-refractivity contribution in [3.05, 3.63) is 47.3 Å². The zero-order valence-electron chi connectivity index (χ0n) is 17.0. The Morgan fingerprint density at radius 3 is 2.72 bits per heavy atom. The molecule has 1 aromatic heterocycles. The van der Waals surface area contributed by atoms with Crippen LogP contribution in [0.5, 0.6) is 0 Å². The molecule has 3 heterocycles. The maximum atomic E-state index is 12.7. The highest BCUT2D eigenvalue weighted by atomic mass is 16.2. The van der Waals surface area contributed by atoms with Crippen LogP contribution in [-0.4, -0.2) is 41.4 Å². The Morgan fingerprint density at radius 2 is 1.97 bits per heavy atom. The highest BCUT2D eigenvalue weighted by molar-refractivity contribution is 6.00. The first kappa shape index (κ1) is 19.4. The molecular weight excluding hydrogens is 366 g/mol. The fourth-order valence-corrected chi connectivity index (χ4v) is 3.90. The SMILES string of the molecule is Cc1ccc(N2CC(C(=O)NCc3ccnc(N4CCCC4)n3)CC2=O)cc1C. The van der Waals surface area contributed by atoms with Gasteiger partial charge in [-0.2, -0.15) is 0 Å². The molecule has 7 nitrogen and oxygen atoms in total. The third-order valence-electron chi connectivity index (χ3n) is 5.83. The van der Waals surface area contributed by atoms with Crippen molar-refractivity contribution in [3.8, 4) is 0 Å². The number of aromatic nitrogens is 2. The lowest BCUT2D eigenvalue weighted by Gasteiger charge is -2.18. The molecule has 1 unspecified atom stereocenters. The first-order valence-electron chi connectivity index (χ1n) is 10.2. The molecule has 2 aromatic rings. The third kappa shape index (κ3) is 4.23. The Kier molecular flexibility index (Phi) is 5.47. The van der Waals surface area contributed by atoms with E-state index >= 15 is 0 Å². The Bertz CT molecular complexity index is 923. The minimum atomic E-state index is -0.344. The predicted molar refractivity (Wildman–Crippen MR) is 112 cm³/mol. The molecule has 0 radical (unpaired) electrons. The van der Waals surface area contributed by atoms with E-state index in [4.69, 9.17) is 0 Å². The van der Waals surface area contributed by atoms with Crippen molar-refractivity contribution in [2.24, 2.45) is 5.92 Å². The Balaban J connectivity index is 1.36. The van der Waals surface area contributed by atoms with Crippen molar-refractivity contribution in [1.29, 1.82) is 0 Å². The van der Waals surface area contributed by atoms with E-state index in [9.17, 15) is 9.59 Å². The number of anilines is 2. The van der Waals surface area contributed by atoms with Gasteiger partial charge >= 0.3 is 0 Å². The predicted octanol–water partition coefficient (Wildman–Crippen LogP) is 2.36. The standard InChI is InChI=1S/C22H27N5O2/c1-15-5-6-19(11-16(15)2)27-14-17(12-20(27)28)21(29)24-13-18-7-8-23-22(25-18)26-9-3-4-10-26/h5-8,11,17H,3-4,9-10,12-14H2,1-2H3,(H,24,29). The molecule has 7 heteroatoms. The summed E-state index contributed by atoms with van der Waals surface area (Å²) in [5.74, 6) is 0.271. The van der Waals surface area contributed by atoms with Crippen LogP contribution in [0.2, 0.25) is 0 Å². The molecule has 152 valence electrons. The summed E-state index contributed by atoms with van der Waals surface area (Å²) in [6.45, 7) is 6.79. The monoisotopic (exact) mass is 393 g/mol. The lowest BCUT2D eigenvalue weighted by molar-refractivity contribution is -0.126. The number of benzene rings is 1. The number of carbonyl (C=O) groups is 2. The van der Waals surface area contributed by atoms with Gasteiger partial charge in [-0.15, -0.1) is 0 Å². The van der Waals surface area contributed by atoms with E-state index in [1.807, 2.05) is 38.1 Å². The van der Waals surface area contributed by atoms with Gasteiger partial charge in [-0.3, -0.25) is 9.59 Å². The number of hydrogen-bond donors (Lipinski definition) is 1. The fourth-order valence-electron chi connectivity index (χ4n) is 3.90. The number of hydrogen-bond acceptors (Lipinski definition) is 5. The van der Waals surface area contributed by atoms with Gasteiger partial charge in [-0.05, 0) is 56.0 Å². The Hall–Kier alpha value is -2.96. The molecule has 0 bridgehead atoms. The van der Waals surface area contributed by atoms with Crippen molar-refractivity contribution in [3.63, 3.8) is 0 Å². The van der Waals surface area contributed by atoms with Crippen LogP contribution in [-0.2, 0) is 16.1 Å². The minimum Gasteiger partial charge on any atom is -0.350 e. The molecule has 1 aromatic carbocycles. The van der Waals surface area contributed by atoms with Gasteiger partial charge in [0.05, 0.1) is 18.2 Å². The van der Waals surface area contributed by atoms with E-state index in [1.165, 1.54) is 5.56 Å². The number of nitrogens with one attached hydrogen (secondary N) is 1. The van der Waals surface area contributed by atoms with Gasteiger partial charge in [-0.1, -0.05) is 6.07 Å². The second-order valence-corrected chi connectivity index (χ2v) is 7.93. The first-order valence-corrected chi connectivity index (χ1v) is 10.2. The minimum absolute atomic E-state index is 0.00763. The number of aryl methyl sites for hydroxylation is 2. The lowest BCUT2D eigenvalue weighted by Crippen LogP contribution is -2.33. The van der Waals surface area contributed by atoms with E-state index < -0.39 is 0 Å². The van der Waals surface area contributed by atoms with Crippen molar-refractivity contribution < 1.29 is 9.59 Å². The van der Waals surface area contributed by atoms with Crippen LogP contribution in [0.25, 0.3) is 0 Å². The fraction of sp³-hybridized carbons (Fsp3) is 0.455. The van der Waals surface area contributed by atoms with Crippen molar-refractivity contribution in [2.75, 3.05) is 29.4 Å². The topological polar surface area (TPSA) is 78.4 Å². The normalized spacial score (nSPS) is 19.1. The van der Waals surface area contributed by atoms with Crippen molar-refractivity contribution in [2.45, 2.75) is 39.7 Å². The summed E-state index contributed by atoms with van der Waals surface area (Å²) in [5.41, 5.74) is 3.97. The average molecular weight is 393 g/mol. The van der Waals surface area contributed by atoms with Gasteiger partial charge in [0.15, 0.2) is 0 Å². The van der Waals surface area contributed by atoms with Gasteiger partial charge in [0.1, 0.15) is 0 Å². The van der Waals surface area contributed by atoms with E-state index in [1.54, 1.807) is 11.1 Å². The molecule has 1 N–H and O–H groups in total. The van der Waals surface area contributed by atoms with E-state index in [0.717, 1.165) is 48.8 Å². The summed E-state index contributed by atoms with van der Waals surface area (Å²) in [7, 11) is 0. The van der Waals surface area contributed by atoms with Crippen LogP contribution in [0.3, 0.4) is 0 Å². The summed E-state index contributed by atoms with van der Waals surface area (Å²) in [6.07, 6.45) is 4.30. The molecule has 2 fully saturated rings. The third-order valence-corrected chi connectivity index (χ3v) is 5.83. The maximum Gasteiger partial charge on any atom is 0.227 e. The first-order chi connectivity index (χ1) is 14.0. The van der Waals surface area contributed by atoms with Crippen LogP contribution in [0.1, 0.15) is 36.1 Å². The number of rotatable bonds is 5. The number of amides is 2. The van der Waals surface area contributed by atoms with E-state index in [0.29, 0.717) is 13.1 Å². The number of nitrogens with zero attached hydrogens (tertiary/aromatic N) is 4. The van der Waals surface area contributed by atoms with Crippen molar-refractivity contribution in [1.82, 2.24) is 15.3 Å².